The quantitative estimate of drug-likeness (QED) is 0.307. The topological polar surface area (TPSA) is 95.4 Å². The van der Waals surface area contributed by atoms with Gasteiger partial charge in [-0.25, -0.2) is 0 Å². The van der Waals surface area contributed by atoms with Crippen LogP contribution < -0.4 is 16.0 Å². The van der Waals surface area contributed by atoms with Gasteiger partial charge < -0.3 is 25.6 Å². The molecule has 0 aliphatic carbocycles. The van der Waals surface area contributed by atoms with Gasteiger partial charge in [-0.15, -0.1) is 0 Å². The lowest BCUT2D eigenvalue weighted by atomic mass is 10.1. The Morgan fingerprint density at radius 2 is 1.26 bits per heavy atom. The van der Waals surface area contributed by atoms with Gasteiger partial charge in [0.25, 0.3) is 11.8 Å². The third-order valence-electron chi connectivity index (χ3n) is 5.37. The number of carbonyl (C=O) groups is 2. The van der Waals surface area contributed by atoms with Crippen LogP contribution in [0.5, 0.6) is 0 Å². The number of rotatable bonds is 8. The molecule has 172 valence electrons. The van der Waals surface area contributed by atoms with Crippen LogP contribution >= 0.6 is 0 Å². The fourth-order valence-electron chi connectivity index (χ4n) is 3.49. The van der Waals surface area contributed by atoms with Crippen LogP contribution in [0.2, 0.25) is 0 Å². The highest BCUT2D eigenvalue weighted by Gasteiger charge is 2.09. The van der Waals surface area contributed by atoms with Crippen LogP contribution in [0.15, 0.2) is 91.1 Å². The Hall–Kier alpha value is -4.36. The van der Waals surface area contributed by atoms with E-state index in [4.69, 9.17) is 5.11 Å². The van der Waals surface area contributed by atoms with Crippen molar-refractivity contribution in [2.45, 2.75) is 6.42 Å². The van der Waals surface area contributed by atoms with Gasteiger partial charge in [-0.05, 0) is 84.8 Å². The maximum atomic E-state index is 12.5. The first-order valence-corrected chi connectivity index (χ1v) is 10.9. The van der Waals surface area contributed by atoms with E-state index in [9.17, 15) is 9.59 Å². The number of aromatic nitrogens is 1. The fraction of sp³-hybridized carbons (Fsp3) is 0.111. The number of hydrogen-bond acceptors (Lipinski definition) is 4. The Morgan fingerprint density at radius 3 is 1.76 bits per heavy atom. The van der Waals surface area contributed by atoms with Gasteiger partial charge in [0.2, 0.25) is 0 Å². The minimum atomic E-state index is -0.191. The lowest BCUT2D eigenvalue weighted by Crippen LogP contribution is -2.15. The molecule has 0 bridgehead atoms. The second-order valence-electron chi connectivity index (χ2n) is 7.86. The summed E-state index contributed by atoms with van der Waals surface area (Å²) in [6, 6.07) is 25.7. The highest BCUT2D eigenvalue weighted by atomic mass is 16.3. The van der Waals surface area contributed by atoms with Crippen molar-refractivity contribution in [1.29, 1.82) is 0 Å². The van der Waals surface area contributed by atoms with Crippen molar-refractivity contribution in [2.24, 2.45) is 7.05 Å². The monoisotopic (exact) mass is 454 g/mol. The molecule has 2 amide bonds. The Labute approximate surface area is 198 Å². The second-order valence-corrected chi connectivity index (χ2v) is 7.86. The van der Waals surface area contributed by atoms with E-state index < -0.39 is 0 Å². The zero-order valence-electron chi connectivity index (χ0n) is 18.8. The van der Waals surface area contributed by atoms with Crippen LogP contribution in [0.25, 0.3) is 0 Å². The average molecular weight is 455 g/mol. The van der Waals surface area contributed by atoms with E-state index in [-0.39, 0.29) is 18.4 Å². The number of nitrogens with one attached hydrogen (secondary N) is 3. The van der Waals surface area contributed by atoms with E-state index in [0.29, 0.717) is 29.1 Å². The predicted molar refractivity (Wildman–Crippen MR) is 135 cm³/mol. The van der Waals surface area contributed by atoms with E-state index in [0.717, 1.165) is 16.9 Å². The first kappa shape index (κ1) is 22.8. The summed E-state index contributed by atoms with van der Waals surface area (Å²) in [5, 5.41) is 18.1. The Bertz CT molecular complexity index is 1260. The molecule has 4 aromatic rings. The summed E-state index contributed by atoms with van der Waals surface area (Å²) in [7, 11) is 1.83. The molecular weight excluding hydrogens is 428 g/mol. The molecule has 3 aromatic carbocycles. The third kappa shape index (κ3) is 5.70. The van der Waals surface area contributed by atoms with Gasteiger partial charge in [0, 0.05) is 48.2 Å². The second kappa shape index (κ2) is 10.5. The van der Waals surface area contributed by atoms with Gasteiger partial charge in [-0.1, -0.05) is 12.1 Å². The molecule has 0 fully saturated rings. The largest absolute Gasteiger partial charge is 0.396 e. The van der Waals surface area contributed by atoms with Crippen molar-refractivity contribution in [1.82, 2.24) is 4.57 Å². The van der Waals surface area contributed by atoms with Gasteiger partial charge in [0.1, 0.15) is 5.69 Å². The molecule has 7 heteroatoms. The Kier molecular flexibility index (Phi) is 7.05. The van der Waals surface area contributed by atoms with E-state index in [1.807, 2.05) is 80.0 Å². The summed E-state index contributed by atoms with van der Waals surface area (Å²) in [6.07, 6.45) is 2.40. The molecule has 4 N–H and O–H groups in total. The summed E-state index contributed by atoms with van der Waals surface area (Å²) in [5.74, 6) is -0.351. The Morgan fingerprint density at radius 1 is 0.735 bits per heavy atom. The van der Waals surface area contributed by atoms with Crippen LogP contribution in [-0.2, 0) is 13.5 Å². The van der Waals surface area contributed by atoms with Crippen molar-refractivity contribution in [2.75, 3.05) is 22.6 Å². The number of nitrogens with zero attached hydrogens (tertiary/aromatic N) is 1. The van der Waals surface area contributed by atoms with Gasteiger partial charge in [0.05, 0.1) is 0 Å². The molecular formula is C27H26N4O3. The smallest absolute Gasteiger partial charge is 0.272 e. The molecule has 0 saturated carbocycles. The molecule has 1 aromatic heterocycles. The number of benzene rings is 3. The third-order valence-corrected chi connectivity index (χ3v) is 5.37. The standard InChI is InChI=1S/C27H26N4O3/c1-31-17-2-3-25(31)27(34)30-24-14-10-22(11-15-24)28-21-8-12-23(13-9-21)29-26(33)20-6-4-19(5-7-20)16-18-32/h2-15,17,28,32H,16,18H2,1H3,(H,29,33)(H,30,34). The van der Waals surface area contributed by atoms with E-state index in [1.165, 1.54) is 0 Å². The van der Waals surface area contributed by atoms with Crippen molar-refractivity contribution in [3.63, 3.8) is 0 Å². The summed E-state index contributed by atoms with van der Waals surface area (Å²) in [5.41, 5.74) is 5.27. The molecule has 7 nitrogen and oxygen atoms in total. The van der Waals surface area contributed by atoms with Gasteiger partial charge in [-0.3, -0.25) is 9.59 Å². The van der Waals surface area contributed by atoms with Gasteiger partial charge >= 0.3 is 0 Å². The summed E-state index contributed by atoms with van der Waals surface area (Å²) >= 11 is 0. The van der Waals surface area contributed by atoms with Crippen LogP contribution in [-0.4, -0.2) is 28.1 Å². The number of anilines is 4. The van der Waals surface area contributed by atoms with Crippen LogP contribution in [0, 0.1) is 0 Å². The molecule has 0 spiro atoms. The molecule has 1 heterocycles. The van der Waals surface area contributed by atoms with Crippen LogP contribution in [0.4, 0.5) is 22.7 Å². The molecule has 0 atom stereocenters. The summed E-state index contributed by atoms with van der Waals surface area (Å²) < 4.78 is 1.77. The van der Waals surface area contributed by atoms with Crippen LogP contribution in [0.3, 0.4) is 0 Å². The molecule has 0 aliphatic heterocycles. The minimum Gasteiger partial charge on any atom is -0.396 e. The highest BCUT2D eigenvalue weighted by Crippen LogP contribution is 2.21. The number of aliphatic hydroxyl groups is 1. The number of amides is 2. The summed E-state index contributed by atoms with van der Waals surface area (Å²) in [6.45, 7) is 0.0841. The first-order valence-electron chi connectivity index (χ1n) is 10.9. The van der Waals surface area contributed by atoms with Crippen molar-refractivity contribution in [3.05, 3.63) is 108 Å². The van der Waals surface area contributed by atoms with Crippen LogP contribution in [0.1, 0.15) is 26.4 Å². The number of hydrogen-bond donors (Lipinski definition) is 4. The van der Waals surface area contributed by atoms with Crippen molar-refractivity contribution in [3.8, 4) is 0 Å². The Balaban J connectivity index is 1.32. The van der Waals surface area contributed by atoms with Crippen molar-refractivity contribution < 1.29 is 14.7 Å². The maximum Gasteiger partial charge on any atom is 0.272 e. The number of aliphatic hydroxyl groups excluding tert-OH is 1. The van der Waals surface area contributed by atoms with Gasteiger partial charge in [0.15, 0.2) is 0 Å². The first-order chi connectivity index (χ1) is 16.5. The summed E-state index contributed by atoms with van der Waals surface area (Å²) in [4.78, 5) is 24.8. The highest BCUT2D eigenvalue weighted by molar-refractivity contribution is 6.04. The predicted octanol–water partition coefficient (Wildman–Crippen LogP) is 4.81. The SMILES string of the molecule is Cn1cccc1C(=O)Nc1ccc(Nc2ccc(NC(=O)c3ccc(CCO)cc3)cc2)cc1. The van der Waals surface area contributed by atoms with E-state index in [1.54, 1.807) is 22.8 Å². The normalized spacial score (nSPS) is 10.5. The van der Waals surface area contributed by atoms with Crippen molar-refractivity contribution >= 4 is 34.6 Å². The van der Waals surface area contributed by atoms with Gasteiger partial charge in [-0.2, -0.15) is 0 Å². The lowest BCUT2D eigenvalue weighted by Gasteiger charge is -2.10. The molecule has 0 unspecified atom stereocenters. The molecule has 0 radical (unpaired) electrons. The molecule has 34 heavy (non-hydrogen) atoms. The lowest BCUT2D eigenvalue weighted by molar-refractivity contribution is 0.101. The zero-order chi connectivity index (χ0) is 23.9. The van der Waals surface area contributed by atoms with E-state index >= 15 is 0 Å². The maximum absolute atomic E-state index is 12.5. The number of carbonyl (C=O) groups excluding carboxylic acids is 2. The number of aryl methyl sites for hydroxylation is 1. The average Bonchev–Trinajstić information content (AvgIpc) is 3.28. The fourth-order valence-corrected chi connectivity index (χ4v) is 3.49. The minimum absolute atomic E-state index is 0.0841. The molecule has 0 aliphatic rings. The molecule has 4 rings (SSSR count). The molecule has 0 saturated heterocycles. The zero-order valence-corrected chi connectivity index (χ0v) is 18.8. The van der Waals surface area contributed by atoms with E-state index in [2.05, 4.69) is 16.0 Å².